The van der Waals surface area contributed by atoms with Crippen LogP contribution < -0.4 is 5.73 Å². The summed E-state index contributed by atoms with van der Waals surface area (Å²) < 4.78 is 2.35. The predicted molar refractivity (Wildman–Crippen MR) is 83.7 cm³/mol. The van der Waals surface area contributed by atoms with Crippen LogP contribution in [0.4, 0.5) is 0 Å². The maximum absolute atomic E-state index is 6.76. The summed E-state index contributed by atoms with van der Waals surface area (Å²) in [7, 11) is 0. The Morgan fingerprint density at radius 3 is 2.40 bits per heavy atom. The Labute approximate surface area is 121 Å². The molecular formula is C17H25N3. The minimum atomic E-state index is -0.259. The third-order valence-corrected chi connectivity index (χ3v) is 4.42. The Morgan fingerprint density at radius 2 is 1.75 bits per heavy atom. The van der Waals surface area contributed by atoms with Crippen molar-refractivity contribution in [1.82, 2.24) is 9.55 Å². The molecule has 1 fully saturated rings. The van der Waals surface area contributed by atoms with Crippen molar-refractivity contribution in [3.05, 3.63) is 30.1 Å². The lowest BCUT2D eigenvalue weighted by molar-refractivity contribution is 0.258. The molecule has 1 aliphatic carbocycles. The molecule has 0 amide bonds. The maximum Gasteiger partial charge on any atom is 0.130 e. The van der Waals surface area contributed by atoms with Crippen molar-refractivity contribution in [2.75, 3.05) is 0 Å². The van der Waals surface area contributed by atoms with Crippen molar-refractivity contribution >= 4 is 11.0 Å². The summed E-state index contributed by atoms with van der Waals surface area (Å²) in [5.74, 6) is 1.07. The summed E-state index contributed by atoms with van der Waals surface area (Å²) in [5, 5.41) is 0. The second-order valence-corrected chi connectivity index (χ2v) is 7.15. The van der Waals surface area contributed by atoms with E-state index in [0.717, 1.165) is 24.2 Å². The van der Waals surface area contributed by atoms with Gasteiger partial charge in [-0.15, -0.1) is 0 Å². The number of nitrogens with zero attached hydrogens (tertiary/aromatic N) is 2. The summed E-state index contributed by atoms with van der Waals surface area (Å²) in [6.45, 7) is 6.70. The van der Waals surface area contributed by atoms with Gasteiger partial charge in [-0.2, -0.15) is 0 Å². The van der Waals surface area contributed by atoms with E-state index in [1.165, 1.54) is 24.8 Å². The van der Waals surface area contributed by atoms with Crippen LogP contribution in [0.2, 0.25) is 0 Å². The first-order valence-corrected chi connectivity index (χ1v) is 7.69. The molecule has 0 atom stereocenters. The smallest absolute Gasteiger partial charge is 0.130 e. The van der Waals surface area contributed by atoms with Gasteiger partial charge in [-0.05, 0) is 45.7 Å². The first-order valence-electron chi connectivity index (χ1n) is 7.69. The molecular weight excluding hydrogens is 246 g/mol. The minimum Gasteiger partial charge on any atom is -0.321 e. The number of hydrogen-bond donors (Lipinski definition) is 1. The highest BCUT2D eigenvalue weighted by Crippen LogP contribution is 2.38. The Kier molecular flexibility index (Phi) is 3.13. The molecule has 1 aliphatic rings. The molecule has 0 spiro atoms. The zero-order valence-corrected chi connectivity index (χ0v) is 12.8. The minimum absolute atomic E-state index is 0.00471. The lowest BCUT2D eigenvalue weighted by Gasteiger charge is -2.36. The highest BCUT2D eigenvalue weighted by Gasteiger charge is 2.36. The molecule has 20 heavy (non-hydrogen) atoms. The molecule has 0 saturated heterocycles. The molecule has 0 bridgehead atoms. The highest BCUT2D eigenvalue weighted by atomic mass is 15.2. The third kappa shape index (κ3) is 2.14. The lowest BCUT2D eigenvalue weighted by atomic mass is 9.81. The fourth-order valence-electron chi connectivity index (χ4n) is 3.45. The van der Waals surface area contributed by atoms with Crippen LogP contribution in [0.5, 0.6) is 0 Å². The van der Waals surface area contributed by atoms with E-state index < -0.39 is 0 Å². The fraction of sp³-hybridized carbons (Fsp3) is 0.588. The average Bonchev–Trinajstić information content (AvgIpc) is 2.79. The molecule has 1 saturated carbocycles. The summed E-state index contributed by atoms with van der Waals surface area (Å²) in [6.07, 6.45) is 5.82. The molecule has 2 aromatic rings. The molecule has 3 nitrogen and oxygen atoms in total. The quantitative estimate of drug-likeness (QED) is 0.854. The number of fused-ring (bicyclic) bond motifs is 1. The van der Waals surface area contributed by atoms with Crippen LogP contribution >= 0.6 is 0 Å². The average molecular weight is 271 g/mol. The van der Waals surface area contributed by atoms with E-state index in [2.05, 4.69) is 49.6 Å². The van der Waals surface area contributed by atoms with Crippen molar-refractivity contribution in [3.8, 4) is 0 Å². The molecule has 1 aromatic carbocycles. The number of para-hydroxylation sites is 2. The molecule has 1 aromatic heterocycles. The number of nitrogens with two attached hydrogens (primary N) is 1. The van der Waals surface area contributed by atoms with E-state index in [-0.39, 0.29) is 11.1 Å². The molecule has 0 unspecified atom stereocenters. The molecule has 3 heteroatoms. The van der Waals surface area contributed by atoms with Gasteiger partial charge in [0, 0.05) is 5.54 Å². The van der Waals surface area contributed by atoms with Gasteiger partial charge in [0.05, 0.1) is 16.6 Å². The zero-order valence-electron chi connectivity index (χ0n) is 12.8. The summed E-state index contributed by atoms with van der Waals surface area (Å²) in [4.78, 5) is 4.91. The van der Waals surface area contributed by atoms with Gasteiger partial charge < -0.3 is 10.3 Å². The van der Waals surface area contributed by atoms with Crippen LogP contribution in [-0.2, 0) is 11.1 Å². The number of aromatic nitrogens is 2. The number of benzene rings is 1. The third-order valence-electron chi connectivity index (χ3n) is 4.42. The normalized spacial score (nSPS) is 19.4. The predicted octanol–water partition coefficient (Wildman–Crippen LogP) is 3.91. The molecule has 108 valence electrons. The Balaban J connectivity index is 2.24. The van der Waals surface area contributed by atoms with E-state index >= 15 is 0 Å². The van der Waals surface area contributed by atoms with E-state index in [9.17, 15) is 0 Å². The summed E-state index contributed by atoms with van der Waals surface area (Å²) in [5.41, 5.74) is 8.76. The summed E-state index contributed by atoms with van der Waals surface area (Å²) in [6, 6.07) is 8.38. The van der Waals surface area contributed by atoms with Crippen molar-refractivity contribution in [2.24, 2.45) is 5.73 Å². The summed E-state index contributed by atoms with van der Waals surface area (Å²) >= 11 is 0. The van der Waals surface area contributed by atoms with Crippen LogP contribution in [0.3, 0.4) is 0 Å². The molecule has 0 radical (unpaired) electrons. The van der Waals surface area contributed by atoms with Crippen molar-refractivity contribution < 1.29 is 0 Å². The SMILES string of the molecule is CC(C)(C)n1c(C2(N)CCCCC2)nc2ccccc21. The van der Waals surface area contributed by atoms with Gasteiger partial charge >= 0.3 is 0 Å². The van der Waals surface area contributed by atoms with E-state index in [4.69, 9.17) is 10.7 Å². The second-order valence-electron chi connectivity index (χ2n) is 7.15. The molecule has 0 aliphatic heterocycles. The van der Waals surface area contributed by atoms with Crippen molar-refractivity contribution in [1.29, 1.82) is 0 Å². The van der Waals surface area contributed by atoms with Gasteiger partial charge in [0.25, 0.3) is 0 Å². The van der Waals surface area contributed by atoms with Gasteiger partial charge in [0.15, 0.2) is 0 Å². The second kappa shape index (κ2) is 4.59. The van der Waals surface area contributed by atoms with Gasteiger partial charge in [0.2, 0.25) is 0 Å². The largest absolute Gasteiger partial charge is 0.321 e. The van der Waals surface area contributed by atoms with E-state index in [1.54, 1.807) is 0 Å². The van der Waals surface area contributed by atoms with Crippen LogP contribution in [0.25, 0.3) is 11.0 Å². The Hall–Kier alpha value is -1.35. The fourth-order valence-corrected chi connectivity index (χ4v) is 3.45. The zero-order chi connectivity index (χ0) is 14.4. The monoisotopic (exact) mass is 271 g/mol. The molecule has 2 N–H and O–H groups in total. The van der Waals surface area contributed by atoms with E-state index in [1.807, 2.05) is 0 Å². The Morgan fingerprint density at radius 1 is 1.10 bits per heavy atom. The standard InChI is InChI=1S/C17H25N3/c1-16(2,3)20-14-10-6-5-9-13(14)19-15(20)17(18)11-7-4-8-12-17/h5-6,9-10H,4,7-8,11-12,18H2,1-3H3. The van der Waals surface area contributed by atoms with Crippen molar-refractivity contribution in [2.45, 2.75) is 64.0 Å². The topological polar surface area (TPSA) is 43.8 Å². The lowest BCUT2D eigenvalue weighted by Crippen LogP contribution is -2.43. The van der Waals surface area contributed by atoms with Crippen LogP contribution in [0.15, 0.2) is 24.3 Å². The van der Waals surface area contributed by atoms with Gasteiger partial charge in [-0.25, -0.2) is 4.98 Å². The maximum atomic E-state index is 6.76. The van der Waals surface area contributed by atoms with Crippen LogP contribution in [0, 0.1) is 0 Å². The van der Waals surface area contributed by atoms with E-state index in [0.29, 0.717) is 0 Å². The first kappa shape index (κ1) is 13.6. The van der Waals surface area contributed by atoms with Crippen LogP contribution in [0.1, 0.15) is 58.7 Å². The highest BCUT2D eigenvalue weighted by molar-refractivity contribution is 5.76. The van der Waals surface area contributed by atoms with Gasteiger partial charge in [-0.3, -0.25) is 0 Å². The van der Waals surface area contributed by atoms with Gasteiger partial charge in [0.1, 0.15) is 5.82 Å². The Bertz CT molecular complexity index is 613. The number of imidazole rings is 1. The number of rotatable bonds is 1. The van der Waals surface area contributed by atoms with Crippen molar-refractivity contribution in [3.63, 3.8) is 0 Å². The van der Waals surface area contributed by atoms with Gasteiger partial charge in [-0.1, -0.05) is 31.4 Å². The molecule has 1 heterocycles. The molecule has 3 rings (SSSR count). The first-order chi connectivity index (χ1) is 9.42. The number of hydrogen-bond acceptors (Lipinski definition) is 2. The van der Waals surface area contributed by atoms with Crippen LogP contribution in [-0.4, -0.2) is 9.55 Å².